The standard InChI is InChI=1S/C13H20N4O/c1-4-10(8(2)14)17(3)11-7-5-6-9-12(11)18-16-13(9)15/h5-8,10H,4,14H2,1-3H3,(H2,15,16). The number of likely N-dealkylation sites (N-methyl/N-ethyl adjacent to an activating group) is 1. The van der Waals surface area contributed by atoms with Crippen LogP contribution in [0, 0.1) is 0 Å². The van der Waals surface area contributed by atoms with E-state index < -0.39 is 0 Å². The number of para-hydroxylation sites is 1. The fourth-order valence-corrected chi connectivity index (χ4v) is 2.42. The molecule has 1 aromatic carbocycles. The second kappa shape index (κ2) is 4.86. The summed E-state index contributed by atoms with van der Waals surface area (Å²) < 4.78 is 5.32. The summed E-state index contributed by atoms with van der Waals surface area (Å²) in [5.74, 6) is 0.425. The molecule has 1 aromatic heterocycles. The van der Waals surface area contributed by atoms with E-state index in [-0.39, 0.29) is 12.1 Å². The first kappa shape index (κ1) is 12.7. The van der Waals surface area contributed by atoms with Crippen LogP contribution >= 0.6 is 0 Å². The minimum absolute atomic E-state index is 0.0792. The van der Waals surface area contributed by atoms with Crippen molar-refractivity contribution in [2.75, 3.05) is 17.7 Å². The van der Waals surface area contributed by atoms with Gasteiger partial charge in [-0.2, -0.15) is 0 Å². The maximum absolute atomic E-state index is 6.02. The van der Waals surface area contributed by atoms with Gasteiger partial charge in [0.15, 0.2) is 11.4 Å². The van der Waals surface area contributed by atoms with Crippen molar-refractivity contribution in [1.82, 2.24) is 5.16 Å². The molecule has 5 nitrogen and oxygen atoms in total. The third kappa shape index (κ3) is 2.01. The molecule has 2 atom stereocenters. The molecule has 2 rings (SSSR count). The number of aromatic nitrogens is 1. The highest BCUT2D eigenvalue weighted by molar-refractivity contribution is 5.95. The molecule has 0 spiro atoms. The summed E-state index contributed by atoms with van der Waals surface area (Å²) in [7, 11) is 2.02. The molecule has 4 N–H and O–H groups in total. The molecule has 0 aliphatic rings. The van der Waals surface area contributed by atoms with Gasteiger partial charge in [0.05, 0.1) is 11.1 Å². The third-order valence-corrected chi connectivity index (χ3v) is 3.41. The van der Waals surface area contributed by atoms with Gasteiger partial charge < -0.3 is 20.9 Å². The van der Waals surface area contributed by atoms with Gasteiger partial charge in [0.2, 0.25) is 0 Å². The van der Waals surface area contributed by atoms with Crippen LogP contribution in [0.15, 0.2) is 22.7 Å². The molecular formula is C13H20N4O. The Labute approximate surface area is 107 Å². The molecule has 0 aliphatic heterocycles. The summed E-state index contributed by atoms with van der Waals surface area (Å²) in [5.41, 5.74) is 13.5. The summed E-state index contributed by atoms with van der Waals surface area (Å²) in [6.45, 7) is 4.14. The SMILES string of the molecule is CCC(C(C)N)N(C)c1cccc2c(N)noc12. The van der Waals surface area contributed by atoms with E-state index in [4.69, 9.17) is 16.0 Å². The van der Waals surface area contributed by atoms with Crippen LogP contribution in [0.5, 0.6) is 0 Å². The Hall–Kier alpha value is -1.75. The van der Waals surface area contributed by atoms with Crippen LogP contribution in [-0.4, -0.2) is 24.3 Å². The van der Waals surface area contributed by atoms with E-state index in [2.05, 4.69) is 17.0 Å². The van der Waals surface area contributed by atoms with E-state index in [1.807, 2.05) is 32.2 Å². The van der Waals surface area contributed by atoms with Crippen molar-refractivity contribution in [2.24, 2.45) is 5.73 Å². The van der Waals surface area contributed by atoms with E-state index in [9.17, 15) is 0 Å². The van der Waals surface area contributed by atoms with Gasteiger partial charge in [-0.05, 0) is 25.5 Å². The summed E-state index contributed by atoms with van der Waals surface area (Å²) in [5, 5.41) is 4.66. The molecule has 2 unspecified atom stereocenters. The first-order chi connectivity index (χ1) is 8.56. The molecule has 2 aromatic rings. The van der Waals surface area contributed by atoms with E-state index in [1.165, 1.54) is 0 Å². The van der Waals surface area contributed by atoms with Crippen molar-refractivity contribution in [3.05, 3.63) is 18.2 Å². The third-order valence-electron chi connectivity index (χ3n) is 3.41. The minimum Gasteiger partial charge on any atom is -0.380 e. The molecule has 0 fully saturated rings. The highest BCUT2D eigenvalue weighted by atomic mass is 16.5. The number of nitrogens with zero attached hydrogens (tertiary/aromatic N) is 2. The van der Waals surface area contributed by atoms with Gasteiger partial charge in [-0.15, -0.1) is 0 Å². The number of anilines is 2. The molecule has 18 heavy (non-hydrogen) atoms. The average molecular weight is 248 g/mol. The average Bonchev–Trinajstić information content (AvgIpc) is 2.71. The molecule has 5 heteroatoms. The Kier molecular flexibility index (Phi) is 3.43. The van der Waals surface area contributed by atoms with Crippen molar-refractivity contribution in [1.29, 1.82) is 0 Å². The van der Waals surface area contributed by atoms with E-state index in [0.29, 0.717) is 5.82 Å². The minimum atomic E-state index is 0.0792. The summed E-state index contributed by atoms with van der Waals surface area (Å²) in [6, 6.07) is 6.19. The zero-order valence-corrected chi connectivity index (χ0v) is 11.1. The van der Waals surface area contributed by atoms with Crippen LogP contribution in [0.3, 0.4) is 0 Å². The fourth-order valence-electron chi connectivity index (χ4n) is 2.42. The monoisotopic (exact) mass is 248 g/mol. The van der Waals surface area contributed by atoms with Crippen LogP contribution in [0.4, 0.5) is 11.5 Å². The van der Waals surface area contributed by atoms with Crippen molar-refractivity contribution >= 4 is 22.5 Å². The second-order valence-corrected chi connectivity index (χ2v) is 4.67. The molecular weight excluding hydrogens is 228 g/mol. The highest BCUT2D eigenvalue weighted by Gasteiger charge is 2.21. The van der Waals surface area contributed by atoms with Crippen molar-refractivity contribution < 1.29 is 4.52 Å². The summed E-state index contributed by atoms with van der Waals surface area (Å²) in [4.78, 5) is 2.14. The predicted octanol–water partition coefficient (Wildman–Crippen LogP) is 1.97. The van der Waals surface area contributed by atoms with E-state index in [1.54, 1.807) is 0 Å². The van der Waals surface area contributed by atoms with Crippen molar-refractivity contribution in [2.45, 2.75) is 32.4 Å². The number of hydrogen-bond donors (Lipinski definition) is 2. The quantitative estimate of drug-likeness (QED) is 0.864. The van der Waals surface area contributed by atoms with Crippen molar-refractivity contribution in [3.8, 4) is 0 Å². The first-order valence-electron chi connectivity index (χ1n) is 6.18. The molecule has 0 amide bonds. The Morgan fingerprint density at radius 3 is 2.78 bits per heavy atom. The Morgan fingerprint density at radius 2 is 2.17 bits per heavy atom. The zero-order valence-electron chi connectivity index (χ0n) is 11.1. The predicted molar refractivity (Wildman–Crippen MR) is 74.6 cm³/mol. The number of hydrogen-bond acceptors (Lipinski definition) is 5. The van der Waals surface area contributed by atoms with Crippen molar-refractivity contribution in [3.63, 3.8) is 0 Å². The highest BCUT2D eigenvalue weighted by Crippen LogP contribution is 2.31. The number of nitrogen functional groups attached to an aromatic ring is 1. The van der Waals surface area contributed by atoms with Crippen LogP contribution in [0.2, 0.25) is 0 Å². The summed E-state index contributed by atoms with van der Waals surface area (Å²) in [6.07, 6.45) is 0.966. The van der Waals surface area contributed by atoms with Gasteiger partial charge in [-0.3, -0.25) is 0 Å². The van der Waals surface area contributed by atoms with E-state index in [0.717, 1.165) is 23.1 Å². The summed E-state index contributed by atoms with van der Waals surface area (Å²) >= 11 is 0. The first-order valence-corrected chi connectivity index (χ1v) is 6.18. The Bertz CT molecular complexity index is 535. The lowest BCUT2D eigenvalue weighted by Gasteiger charge is -2.31. The van der Waals surface area contributed by atoms with Gasteiger partial charge in [0.25, 0.3) is 0 Å². The molecule has 0 saturated heterocycles. The number of nitrogens with two attached hydrogens (primary N) is 2. The van der Waals surface area contributed by atoms with Gasteiger partial charge in [-0.1, -0.05) is 18.1 Å². The van der Waals surface area contributed by atoms with Crippen LogP contribution in [0.25, 0.3) is 11.0 Å². The fraction of sp³-hybridized carbons (Fsp3) is 0.462. The molecule has 0 radical (unpaired) electrons. The topological polar surface area (TPSA) is 81.3 Å². The Morgan fingerprint density at radius 1 is 1.44 bits per heavy atom. The smallest absolute Gasteiger partial charge is 0.192 e. The van der Waals surface area contributed by atoms with Gasteiger partial charge in [0.1, 0.15) is 0 Å². The lowest BCUT2D eigenvalue weighted by molar-refractivity contribution is 0.457. The lowest BCUT2D eigenvalue weighted by Crippen LogP contribution is -2.44. The second-order valence-electron chi connectivity index (χ2n) is 4.67. The normalized spacial score (nSPS) is 14.7. The number of fused-ring (bicyclic) bond motifs is 1. The van der Waals surface area contributed by atoms with Gasteiger partial charge in [-0.25, -0.2) is 0 Å². The van der Waals surface area contributed by atoms with Gasteiger partial charge in [0, 0.05) is 19.1 Å². The number of rotatable bonds is 4. The number of benzene rings is 1. The molecule has 98 valence electrons. The molecule has 1 heterocycles. The Balaban J connectivity index is 2.47. The van der Waals surface area contributed by atoms with Gasteiger partial charge >= 0.3 is 0 Å². The molecule has 0 bridgehead atoms. The van der Waals surface area contributed by atoms with Crippen LogP contribution < -0.4 is 16.4 Å². The maximum Gasteiger partial charge on any atom is 0.192 e. The van der Waals surface area contributed by atoms with E-state index >= 15 is 0 Å². The molecule has 0 saturated carbocycles. The maximum atomic E-state index is 6.02. The lowest BCUT2D eigenvalue weighted by atomic mass is 10.1. The van der Waals surface area contributed by atoms with Crippen LogP contribution in [-0.2, 0) is 0 Å². The molecule has 0 aliphatic carbocycles. The zero-order chi connectivity index (χ0) is 13.3. The largest absolute Gasteiger partial charge is 0.380 e. The van der Waals surface area contributed by atoms with Crippen LogP contribution in [0.1, 0.15) is 20.3 Å².